The largest absolute Gasteiger partial charge is 0.332 e. The van der Waals surface area contributed by atoms with Gasteiger partial charge < -0.3 is 4.98 Å². The van der Waals surface area contributed by atoms with Crippen molar-refractivity contribution in [2.45, 2.75) is 33.7 Å². The molecule has 0 saturated heterocycles. The van der Waals surface area contributed by atoms with Gasteiger partial charge in [0.1, 0.15) is 0 Å². The summed E-state index contributed by atoms with van der Waals surface area (Å²) in [7, 11) is 0. The molecule has 4 heteroatoms. The van der Waals surface area contributed by atoms with E-state index in [0.717, 1.165) is 5.52 Å². The molecule has 2 rings (SSSR count). The third kappa shape index (κ3) is 2.12. The number of nitrogens with zero attached hydrogens (tertiary/aromatic N) is 1. The van der Waals surface area contributed by atoms with E-state index in [-0.39, 0.29) is 17.0 Å². The van der Waals surface area contributed by atoms with Crippen LogP contribution in [0.1, 0.15) is 33.7 Å². The van der Waals surface area contributed by atoms with Gasteiger partial charge in [0.25, 0.3) is 5.56 Å². The minimum absolute atomic E-state index is 0.0169. The summed E-state index contributed by atoms with van der Waals surface area (Å²) in [5.74, 6) is 0. The van der Waals surface area contributed by atoms with Gasteiger partial charge in [-0.25, -0.2) is 0 Å². The monoisotopic (exact) mass is 262 g/mol. The first-order chi connectivity index (χ1) is 8.32. The molecule has 1 aromatic carbocycles. The second-order valence-corrected chi connectivity index (χ2v) is 6.08. The van der Waals surface area contributed by atoms with Crippen molar-refractivity contribution in [1.82, 2.24) is 9.55 Å². The molecule has 0 aliphatic rings. The Labute approximate surface area is 111 Å². The molecule has 0 bridgehead atoms. The number of H-pyrrole nitrogens is 1. The van der Waals surface area contributed by atoms with E-state index in [4.69, 9.17) is 12.2 Å². The molecule has 1 aromatic heterocycles. The van der Waals surface area contributed by atoms with Crippen molar-refractivity contribution in [2.75, 3.05) is 0 Å². The summed E-state index contributed by atoms with van der Waals surface area (Å²) >= 11 is 5.32. The number of fused-ring (bicyclic) bond motifs is 1. The van der Waals surface area contributed by atoms with Crippen LogP contribution < -0.4 is 5.56 Å². The number of aromatic nitrogens is 2. The average molecular weight is 262 g/mol. The molecule has 1 unspecified atom stereocenters. The predicted octanol–water partition coefficient (Wildman–Crippen LogP) is 3.67. The normalized spacial score (nSPS) is 13.8. The predicted molar refractivity (Wildman–Crippen MR) is 77.6 cm³/mol. The van der Waals surface area contributed by atoms with Gasteiger partial charge in [0, 0.05) is 6.04 Å². The summed E-state index contributed by atoms with van der Waals surface area (Å²) in [4.78, 5) is 15.6. The lowest BCUT2D eigenvalue weighted by Crippen LogP contribution is -2.32. The third-order valence-corrected chi connectivity index (χ3v) is 3.78. The maximum Gasteiger partial charge on any atom is 0.262 e. The maximum absolute atomic E-state index is 12.5. The fourth-order valence-corrected chi connectivity index (χ4v) is 2.27. The molecule has 2 aromatic rings. The van der Waals surface area contributed by atoms with Crippen LogP contribution in [0.2, 0.25) is 0 Å². The Kier molecular flexibility index (Phi) is 3.15. The van der Waals surface area contributed by atoms with Crippen molar-refractivity contribution >= 4 is 23.1 Å². The lowest BCUT2D eigenvalue weighted by molar-refractivity contribution is 0.254. The summed E-state index contributed by atoms with van der Waals surface area (Å²) < 4.78 is 2.17. The van der Waals surface area contributed by atoms with Crippen LogP contribution >= 0.6 is 12.2 Å². The number of hydrogen-bond donors (Lipinski definition) is 1. The van der Waals surface area contributed by atoms with Crippen LogP contribution in [0.4, 0.5) is 0 Å². The highest BCUT2D eigenvalue weighted by Crippen LogP contribution is 2.29. The lowest BCUT2D eigenvalue weighted by atomic mass is 9.88. The van der Waals surface area contributed by atoms with Crippen LogP contribution in [-0.4, -0.2) is 9.55 Å². The van der Waals surface area contributed by atoms with E-state index in [2.05, 4.69) is 25.8 Å². The SMILES string of the molecule is CC(n1c(=S)[nH]c2ccccc2c1=O)C(C)(C)C. The lowest BCUT2D eigenvalue weighted by Gasteiger charge is -2.29. The molecule has 0 aliphatic carbocycles. The van der Waals surface area contributed by atoms with Gasteiger partial charge in [0.15, 0.2) is 4.77 Å². The second-order valence-electron chi connectivity index (χ2n) is 5.69. The summed E-state index contributed by atoms with van der Waals surface area (Å²) in [5.41, 5.74) is 0.759. The molecule has 0 radical (unpaired) electrons. The van der Waals surface area contributed by atoms with Gasteiger partial charge in [0.05, 0.1) is 10.9 Å². The first-order valence-corrected chi connectivity index (χ1v) is 6.47. The minimum Gasteiger partial charge on any atom is -0.332 e. The summed E-state index contributed by atoms with van der Waals surface area (Å²) in [6, 6.07) is 7.50. The number of benzene rings is 1. The molecule has 3 nitrogen and oxygen atoms in total. The smallest absolute Gasteiger partial charge is 0.262 e. The van der Waals surface area contributed by atoms with E-state index in [1.165, 1.54) is 0 Å². The van der Waals surface area contributed by atoms with Crippen LogP contribution in [0.25, 0.3) is 10.9 Å². The van der Waals surface area contributed by atoms with E-state index >= 15 is 0 Å². The van der Waals surface area contributed by atoms with Gasteiger partial charge >= 0.3 is 0 Å². The summed E-state index contributed by atoms with van der Waals surface area (Å²) in [6.45, 7) is 8.34. The van der Waals surface area contributed by atoms with Gasteiger partial charge in [-0.05, 0) is 36.7 Å². The Balaban J connectivity index is 2.81. The van der Waals surface area contributed by atoms with Gasteiger partial charge in [-0.2, -0.15) is 0 Å². The van der Waals surface area contributed by atoms with Gasteiger partial charge in [-0.15, -0.1) is 0 Å². The van der Waals surface area contributed by atoms with Crippen molar-refractivity contribution in [2.24, 2.45) is 5.41 Å². The molecule has 0 amide bonds. The zero-order valence-electron chi connectivity index (χ0n) is 11.2. The minimum atomic E-state index is -0.0202. The van der Waals surface area contributed by atoms with Crippen molar-refractivity contribution in [1.29, 1.82) is 0 Å². The van der Waals surface area contributed by atoms with Crippen LogP contribution in [0.3, 0.4) is 0 Å². The highest BCUT2D eigenvalue weighted by atomic mass is 32.1. The van der Waals surface area contributed by atoms with Crippen molar-refractivity contribution in [3.63, 3.8) is 0 Å². The van der Waals surface area contributed by atoms with E-state index in [0.29, 0.717) is 10.2 Å². The molecule has 0 fully saturated rings. The number of rotatable bonds is 1. The number of nitrogens with one attached hydrogen (secondary N) is 1. The van der Waals surface area contributed by atoms with Crippen LogP contribution in [-0.2, 0) is 0 Å². The van der Waals surface area contributed by atoms with E-state index in [1.54, 1.807) is 4.57 Å². The molecule has 18 heavy (non-hydrogen) atoms. The number of hydrogen-bond acceptors (Lipinski definition) is 2. The quantitative estimate of drug-likeness (QED) is 0.796. The highest BCUT2D eigenvalue weighted by molar-refractivity contribution is 7.71. The van der Waals surface area contributed by atoms with Gasteiger partial charge in [0.2, 0.25) is 0 Å². The Morgan fingerprint density at radius 3 is 2.50 bits per heavy atom. The highest BCUT2D eigenvalue weighted by Gasteiger charge is 2.24. The Hall–Kier alpha value is -1.42. The van der Waals surface area contributed by atoms with Crippen LogP contribution in [0.15, 0.2) is 29.1 Å². The van der Waals surface area contributed by atoms with E-state index in [1.807, 2.05) is 31.2 Å². The van der Waals surface area contributed by atoms with E-state index in [9.17, 15) is 4.79 Å². The first kappa shape index (κ1) is 13.0. The Morgan fingerprint density at radius 2 is 1.89 bits per heavy atom. The third-order valence-electron chi connectivity index (χ3n) is 3.48. The Morgan fingerprint density at radius 1 is 1.28 bits per heavy atom. The number of aromatic amines is 1. The molecule has 0 saturated carbocycles. The molecule has 1 N–H and O–H groups in total. The van der Waals surface area contributed by atoms with Crippen molar-refractivity contribution < 1.29 is 0 Å². The topological polar surface area (TPSA) is 37.8 Å². The summed E-state index contributed by atoms with van der Waals surface area (Å²) in [5, 5.41) is 0.683. The maximum atomic E-state index is 12.5. The van der Waals surface area contributed by atoms with Crippen molar-refractivity contribution in [3.8, 4) is 0 Å². The van der Waals surface area contributed by atoms with E-state index < -0.39 is 0 Å². The molecular weight excluding hydrogens is 244 g/mol. The first-order valence-electron chi connectivity index (χ1n) is 6.06. The number of para-hydroxylation sites is 1. The van der Waals surface area contributed by atoms with Crippen LogP contribution in [0.5, 0.6) is 0 Å². The van der Waals surface area contributed by atoms with Gasteiger partial charge in [-0.3, -0.25) is 9.36 Å². The Bertz CT molecular complexity index is 691. The molecule has 1 atom stereocenters. The fourth-order valence-electron chi connectivity index (χ4n) is 1.92. The molecular formula is C14H18N2OS. The van der Waals surface area contributed by atoms with Crippen LogP contribution in [0, 0.1) is 10.2 Å². The second kappa shape index (κ2) is 4.35. The van der Waals surface area contributed by atoms with Crippen molar-refractivity contribution in [3.05, 3.63) is 39.4 Å². The molecule has 0 aliphatic heterocycles. The average Bonchev–Trinajstić information content (AvgIpc) is 2.27. The molecule has 1 heterocycles. The fraction of sp³-hybridized carbons (Fsp3) is 0.429. The molecule has 96 valence electrons. The van der Waals surface area contributed by atoms with Gasteiger partial charge in [-0.1, -0.05) is 32.9 Å². The molecule has 0 spiro atoms. The summed E-state index contributed by atoms with van der Waals surface area (Å²) in [6.07, 6.45) is 0. The zero-order valence-corrected chi connectivity index (χ0v) is 12.0. The zero-order chi connectivity index (χ0) is 13.5. The standard InChI is InChI=1S/C14H18N2OS/c1-9(14(2,3)4)16-12(17)10-7-5-6-8-11(10)15-13(16)18/h5-9H,1-4H3,(H,15,18).